The van der Waals surface area contributed by atoms with Gasteiger partial charge >= 0.3 is 5.97 Å². The second kappa shape index (κ2) is 6.11. The number of hydrogen-bond donors (Lipinski definition) is 2. The first-order valence-corrected chi connectivity index (χ1v) is 5.64. The Bertz CT molecular complexity index is 459. The van der Waals surface area contributed by atoms with E-state index in [0.717, 1.165) is 0 Å². The lowest BCUT2D eigenvalue weighted by molar-refractivity contribution is -0.385. The van der Waals surface area contributed by atoms with Crippen molar-refractivity contribution in [2.75, 3.05) is 0 Å². The van der Waals surface area contributed by atoms with Crippen LogP contribution in [-0.4, -0.2) is 16.0 Å². The third-order valence-corrected chi connectivity index (χ3v) is 2.76. The number of carboxylic acid groups (broad SMARTS) is 1. The van der Waals surface area contributed by atoms with Crippen LogP contribution < -0.4 is 5.73 Å². The molecule has 0 aliphatic carbocycles. The summed E-state index contributed by atoms with van der Waals surface area (Å²) in [6, 6.07) is 4.49. The Kier molecular flexibility index (Phi) is 4.79. The molecular weight excluding hydrogens is 236 g/mol. The first kappa shape index (κ1) is 14.1. The summed E-state index contributed by atoms with van der Waals surface area (Å²) < 4.78 is 0. The Morgan fingerprint density at radius 1 is 1.56 bits per heavy atom. The lowest BCUT2D eigenvalue weighted by atomic mass is 10.00. The standard InChI is InChI=1S/C12H16N2O4/c1-8-5-6-9(7-11(8)14(17)18)10(13)3-2-4-12(15)16/h5-7,10H,2-4,13H2,1H3,(H,15,16). The number of carboxylic acids is 1. The van der Waals surface area contributed by atoms with Gasteiger partial charge in [-0.2, -0.15) is 0 Å². The molecule has 1 atom stereocenters. The zero-order valence-electron chi connectivity index (χ0n) is 10.1. The molecule has 0 radical (unpaired) electrons. The predicted molar refractivity (Wildman–Crippen MR) is 66.2 cm³/mol. The fourth-order valence-electron chi connectivity index (χ4n) is 1.69. The molecule has 1 rings (SSSR count). The van der Waals surface area contributed by atoms with Gasteiger partial charge in [0.15, 0.2) is 0 Å². The van der Waals surface area contributed by atoms with Crippen molar-refractivity contribution in [3.63, 3.8) is 0 Å². The highest BCUT2D eigenvalue weighted by molar-refractivity contribution is 5.66. The third-order valence-electron chi connectivity index (χ3n) is 2.76. The molecular formula is C12H16N2O4. The molecule has 1 unspecified atom stereocenters. The zero-order valence-corrected chi connectivity index (χ0v) is 10.1. The fourth-order valence-corrected chi connectivity index (χ4v) is 1.69. The van der Waals surface area contributed by atoms with Crippen molar-refractivity contribution in [1.82, 2.24) is 0 Å². The smallest absolute Gasteiger partial charge is 0.303 e. The molecule has 0 heterocycles. The van der Waals surface area contributed by atoms with E-state index in [1.807, 2.05) is 0 Å². The molecule has 0 aliphatic rings. The third kappa shape index (κ3) is 3.81. The van der Waals surface area contributed by atoms with Crippen molar-refractivity contribution >= 4 is 11.7 Å². The number of nitrogens with zero attached hydrogens (tertiary/aromatic N) is 1. The van der Waals surface area contributed by atoms with Gasteiger partial charge in [-0.1, -0.05) is 12.1 Å². The molecule has 0 amide bonds. The number of aryl methyl sites for hydroxylation is 1. The molecule has 18 heavy (non-hydrogen) atoms. The van der Waals surface area contributed by atoms with Gasteiger partial charge in [0, 0.05) is 24.1 Å². The summed E-state index contributed by atoms with van der Waals surface area (Å²) in [7, 11) is 0. The molecule has 0 aliphatic heterocycles. The number of nitro groups is 1. The van der Waals surface area contributed by atoms with E-state index in [0.29, 0.717) is 24.0 Å². The molecule has 6 heteroatoms. The maximum Gasteiger partial charge on any atom is 0.303 e. The highest BCUT2D eigenvalue weighted by atomic mass is 16.6. The molecule has 0 saturated carbocycles. The van der Waals surface area contributed by atoms with Gasteiger partial charge in [0.1, 0.15) is 0 Å². The minimum atomic E-state index is -0.864. The van der Waals surface area contributed by atoms with Gasteiger partial charge in [-0.25, -0.2) is 0 Å². The van der Waals surface area contributed by atoms with Crippen LogP contribution in [0, 0.1) is 17.0 Å². The van der Waals surface area contributed by atoms with Crippen molar-refractivity contribution in [3.8, 4) is 0 Å². The average molecular weight is 252 g/mol. The van der Waals surface area contributed by atoms with E-state index < -0.39 is 10.9 Å². The number of nitrogens with two attached hydrogens (primary N) is 1. The highest BCUT2D eigenvalue weighted by Crippen LogP contribution is 2.24. The maximum absolute atomic E-state index is 10.8. The Morgan fingerprint density at radius 2 is 2.22 bits per heavy atom. The van der Waals surface area contributed by atoms with Crippen molar-refractivity contribution in [2.45, 2.75) is 32.2 Å². The van der Waals surface area contributed by atoms with Crippen LogP contribution in [0.3, 0.4) is 0 Å². The number of carbonyl (C=O) groups is 1. The maximum atomic E-state index is 10.8. The number of aliphatic carboxylic acids is 1. The van der Waals surface area contributed by atoms with E-state index in [2.05, 4.69) is 0 Å². The SMILES string of the molecule is Cc1ccc(C(N)CCCC(=O)O)cc1[N+](=O)[O-]. The molecule has 0 bridgehead atoms. The molecule has 0 fully saturated rings. The van der Waals surface area contributed by atoms with Crippen molar-refractivity contribution < 1.29 is 14.8 Å². The summed E-state index contributed by atoms with van der Waals surface area (Å²) in [5.41, 5.74) is 7.18. The molecule has 0 aromatic heterocycles. The summed E-state index contributed by atoms with van der Waals surface area (Å²) in [6.07, 6.45) is 1.01. The van der Waals surface area contributed by atoms with Crippen LogP contribution >= 0.6 is 0 Å². The first-order valence-electron chi connectivity index (χ1n) is 5.64. The van der Waals surface area contributed by atoms with Crippen molar-refractivity contribution in [2.24, 2.45) is 5.73 Å². The van der Waals surface area contributed by atoms with Crippen LogP contribution in [0.5, 0.6) is 0 Å². The summed E-state index contributed by atoms with van der Waals surface area (Å²) >= 11 is 0. The van der Waals surface area contributed by atoms with Gasteiger partial charge in [0.05, 0.1) is 4.92 Å². The second-order valence-electron chi connectivity index (χ2n) is 4.20. The first-order chi connectivity index (χ1) is 8.41. The van der Waals surface area contributed by atoms with E-state index >= 15 is 0 Å². The highest BCUT2D eigenvalue weighted by Gasteiger charge is 2.14. The lowest BCUT2D eigenvalue weighted by Gasteiger charge is -2.11. The average Bonchev–Trinajstić information content (AvgIpc) is 2.28. The minimum Gasteiger partial charge on any atom is -0.481 e. The van der Waals surface area contributed by atoms with Gasteiger partial charge in [-0.05, 0) is 25.3 Å². The van der Waals surface area contributed by atoms with Crippen molar-refractivity contribution in [1.29, 1.82) is 0 Å². The van der Waals surface area contributed by atoms with Crippen molar-refractivity contribution in [3.05, 3.63) is 39.4 Å². The topological polar surface area (TPSA) is 106 Å². The monoisotopic (exact) mass is 252 g/mol. The number of nitro benzene ring substituents is 1. The molecule has 1 aromatic rings. The van der Waals surface area contributed by atoms with Crippen LogP contribution in [0.2, 0.25) is 0 Å². The van der Waals surface area contributed by atoms with E-state index in [9.17, 15) is 14.9 Å². The normalized spacial score (nSPS) is 12.1. The molecule has 3 N–H and O–H groups in total. The molecule has 98 valence electrons. The fraction of sp³-hybridized carbons (Fsp3) is 0.417. The van der Waals surface area contributed by atoms with Gasteiger partial charge in [0.25, 0.3) is 5.69 Å². The van der Waals surface area contributed by atoms with Crippen LogP contribution in [0.4, 0.5) is 5.69 Å². The molecule has 0 spiro atoms. The van der Waals surface area contributed by atoms with Gasteiger partial charge in [0.2, 0.25) is 0 Å². The minimum absolute atomic E-state index is 0.0428. The quantitative estimate of drug-likeness (QED) is 0.596. The summed E-state index contributed by atoms with van der Waals surface area (Å²) in [5, 5.41) is 19.3. The Morgan fingerprint density at radius 3 is 2.78 bits per heavy atom. The number of hydrogen-bond acceptors (Lipinski definition) is 4. The van der Waals surface area contributed by atoms with Crippen LogP contribution in [0.1, 0.15) is 36.4 Å². The molecule has 6 nitrogen and oxygen atoms in total. The Balaban J connectivity index is 2.74. The van der Waals surface area contributed by atoms with Crippen LogP contribution in [0.25, 0.3) is 0 Å². The lowest BCUT2D eigenvalue weighted by Crippen LogP contribution is -2.11. The van der Waals surface area contributed by atoms with Gasteiger partial charge < -0.3 is 10.8 Å². The van der Waals surface area contributed by atoms with E-state index in [1.165, 1.54) is 6.07 Å². The summed E-state index contributed by atoms with van der Waals surface area (Å²) in [4.78, 5) is 20.7. The largest absolute Gasteiger partial charge is 0.481 e. The van der Waals surface area contributed by atoms with E-state index in [1.54, 1.807) is 19.1 Å². The van der Waals surface area contributed by atoms with Crippen LogP contribution in [-0.2, 0) is 4.79 Å². The zero-order chi connectivity index (χ0) is 13.7. The summed E-state index contributed by atoms with van der Waals surface area (Å²) in [5.74, 6) is -0.864. The summed E-state index contributed by atoms with van der Waals surface area (Å²) in [6.45, 7) is 1.66. The number of benzene rings is 1. The van der Waals surface area contributed by atoms with Gasteiger partial charge in [-0.3, -0.25) is 14.9 Å². The second-order valence-corrected chi connectivity index (χ2v) is 4.20. The Hall–Kier alpha value is -1.95. The van der Waals surface area contributed by atoms with Crippen LogP contribution in [0.15, 0.2) is 18.2 Å². The van der Waals surface area contributed by atoms with E-state index in [-0.39, 0.29) is 18.2 Å². The van der Waals surface area contributed by atoms with E-state index in [4.69, 9.17) is 10.8 Å². The number of rotatable bonds is 6. The Labute approximate surface area is 105 Å². The molecule has 0 saturated heterocycles. The predicted octanol–water partition coefficient (Wildman–Crippen LogP) is 2.16. The van der Waals surface area contributed by atoms with Gasteiger partial charge in [-0.15, -0.1) is 0 Å². The molecule has 1 aromatic carbocycles.